The Hall–Kier alpha value is -2.08. The van der Waals surface area contributed by atoms with Crippen LogP contribution in [-0.2, 0) is 0 Å². The highest BCUT2D eigenvalue weighted by molar-refractivity contribution is 6.11. The number of ketones is 1. The molecule has 0 radical (unpaired) electrons. The predicted molar refractivity (Wildman–Crippen MR) is 64.5 cm³/mol. The molecule has 0 saturated heterocycles. The van der Waals surface area contributed by atoms with E-state index in [4.69, 9.17) is 0 Å². The van der Waals surface area contributed by atoms with Crippen molar-refractivity contribution in [2.45, 2.75) is 18.4 Å². The van der Waals surface area contributed by atoms with Crippen LogP contribution in [0.1, 0.15) is 16.8 Å². The zero-order valence-electron chi connectivity index (χ0n) is 10.1. The first-order valence-electron chi connectivity index (χ1n) is 5.85. The summed E-state index contributed by atoms with van der Waals surface area (Å²) in [5.74, 6) is -4.50. The van der Waals surface area contributed by atoms with Gasteiger partial charge in [-0.1, -0.05) is 30.3 Å². The topological polar surface area (TPSA) is 46.5 Å². The fraction of sp³-hybridized carbons (Fsp3) is 0.214. The number of aliphatic hydroxyl groups is 1. The summed E-state index contributed by atoms with van der Waals surface area (Å²) in [5.41, 5.74) is 0.0806. The number of hydrogen-bond donors (Lipinski definition) is 1. The van der Waals surface area contributed by atoms with Gasteiger partial charge in [0.15, 0.2) is 5.78 Å². The van der Waals surface area contributed by atoms with Gasteiger partial charge in [0.1, 0.15) is 5.75 Å². The van der Waals surface area contributed by atoms with Gasteiger partial charge in [-0.25, -0.2) is 0 Å². The van der Waals surface area contributed by atoms with E-state index in [1.54, 1.807) is 30.3 Å². The zero-order chi connectivity index (χ0) is 14.5. The van der Waals surface area contributed by atoms with Crippen molar-refractivity contribution < 1.29 is 27.8 Å². The summed E-state index contributed by atoms with van der Waals surface area (Å²) in [4.78, 5) is 12.0. The summed E-state index contributed by atoms with van der Waals surface area (Å²) in [6.07, 6.45) is -6.18. The normalized spacial score (nSPS) is 22.5. The average Bonchev–Trinajstić information content (AvgIpc) is 2.36. The lowest BCUT2D eigenvalue weighted by molar-refractivity contribution is -0.334. The Bertz CT molecular complexity index is 708. The molecular formula is C14H9F3O3. The molecule has 1 atom stereocenters. The molecule has 1 aliphatic heterocycles. The molecule has 2 aromatic carbocycles. The first kappa shape index (κ1) is 12.9. The lowest BCUT2D eigenvalue weighted by Crippen LogP contribution is -2.53. The summed E-state index contributed by atoms with van der Waals surface area (Å²) >= 11 is 0. The van der Waals surface area contributed by atoms with E-state index in [0.29, 0.717) is 5.39 Å². The van der Waals surface area contributed by atoms with Crippen LogP contribution in [0.2, 0.25) is 0 Å². The minimum absolute atomic E-state index is 0.0806. The summed E-state index contributed by atoms with van der Waals surface area (Å²) < 4.78 is 43.0. The van der Waals surface area contributed by atoms with Crippen molar-refractivity contribution in [2.24, 2.45) is 0 Å². The van der Waals surface area contributed by atoms with Crippen LogP contribution < -0.4 is 4.74 Å². The zero-order valence-corrected chi connectivity index (χ0v) is 10.1. The molecule has 0 aromatic heterocycles. The van der Waals surface area contributed by atoms with Gasteiger partial charge in [0.25, 0.3) is 0 Å². The fourth-order valence-electron chi connectivity index (χ4n) is 2.31. The molecule has 20 heavy (non-hydrogen) atoms. The minimum atomic E-state index is -5.04. The molecule has 3 nitrogen and oxygen atoms in total. The number of carbonyl (C=O) groups is 1. The van der Waals surface area contributed by atoms with Crippen LogP contribution in [0.4, 0.5) is 13.2 Å². The Labute approximate surface area is 111 Å². The van der Waals surface area contributed by atoms with Crippen molar-refractivity contribution >= 4 is 16.6 Å². The van der Waals surface area contributed by atoms with E-state index >= 15 is 0 Å². The standard InChI is InChI=1S/C14H9F3O3/c15-14(16,17)13(19)7-10(18)12-9-4-2-1-3-8(9)5-6-11(12)20-13/h1-6,19H,7H2/t13-/m1/s1. The van der Waals surface area contributed by atoms with Crippen LogP contribution in [0.15, 0.2) is 36.4 Å². The maximum Gasteiger partial charge on any atom is 0.455 e. The van der Waals surface area contributed by atoms with Gasteiger partial charge in [0.2, 0.25) is 0 Å². The van der Waals surface area contributed by atoms with Gasteiger partial charge < -0.3 is 9.84 Å². The molecule has 0 spiro atoms. The molecule has 0 aliphatic carbocycles. The van der Waals surface area contributed by atoms with E-state index in [2.05, 4.69) is 4.74 Å². The van der Waals surface area contributed by atoms with Gasteiger partial charge in [-0.2, -0.15) is 13.2 Å². The predicted octanol–water partition coefficient (Wildman–Crippen LogP) is 3.06. The number of halogens is 3. The minimum Gasteiger partial charge on any atom is -0.452 e. The van der Waals surface area contributed by atoms with Gasteiger partial charge in [-0.05, 0) is 16.8 Å². The van der Waals surface area contributed by atoms with Crippen LogP contribution in [-0.4, -0.2) is 22.9 Å². The number of rotatable bonds is 0. The lowest BCUT2D eigenvalue weighted by Gasteiger charge is -2.34. The second-order valence-corrected chi connectivity index (χ2v) is 4.64. The van der Waals surface area contributed by atoms with Crippen molar-refractivity contribution in [3.05, 3.63) is 42.0 Å². The van der Waals surface area contributed by atoms with E-state index in [-0.39, 0.29) is 11.3 Å². The number of hydrogen-bond acceptors (Lipinski definition) is 3. The Morgan fingerprint density at radius 1 is 1.15 bits per heavy atom. The molecule has 104 valence electrons. The van der Waals surface area contributed by atoms with E-state index in [0.717, 1.165) is 5.39 Å². The van der Waals surface area contributed by atoms with Gasteiger partial charge in [0.05, 0.1) is 12.0 Å². The number of fused-ring (bicyclic) bond motifs is 3. The van der Waals surface area contributed by atoms with E-state index in [1.165, 1.54) is 6.07 Å². The molecule has 6 heteroatoms. The summed E-state index contributed by atoms with van der Waals surface area (Å²) in [6, 6.07) is 9.63. The quantitative estimate of drug-likeness (QED) is 0.807. The summed E-state index contributed by atoms with van der Waals surface area (Å²) in [7, 11) is 0. The third-order valence-electron chi connectivity index (χ3n) is 3.29. The second kappa shape index (κ2) is 3.96. The highest BCUT2D eigenvalue weighted by Gasteiger charge is 2.60. The molecule has 0 saturated carbocycles. The Balaban J connectivity index is 2.20. The monoisotopic (exact) mass is 282 g/mol. The SMILES string of the molecule is O=C1C[C@](O)(C(F)(F)F)Oc2ccc3ccccc3c21. The van der Waals surface area contributed by atoms with Gasteiger partial charge in [0, 0.05) is 0 Å². The van der Waals surface area contributed by atoms with Crippen molar-refractivity contribution in [1.82, 2.24) is 0 Å². The second-order valence-electron chi connectivity index (χ2n) is 4.64. The average molecular weight is 282 g/mol. The van der Waals surface area contributed by atoms with Crippen LogP contribution in [0.3, 0.4) is 0 Å². The third kappa shape index (κ3) is 1.76. The van der Waals surface area contributed by atoms with Gasteiger partial charge >= 0.3 is 12.0 Å². The number of carbonyl (C=O) groups excluding carboxylic acids is 1. The molecule has 1 heterocycles. The van der Waals surface area contributed by atoms with Crippen molar-refractivity contribution in [3.63, 3.8) is 0 Å². The van der Waals surface area contributed by atoms with E-state index < -0.39 is 24.2 Å². The van der Waals surface area contributed by atoms with Crippen LogP contribution in [0.25, 0.3) is 10.8 Å². The first-order chi connectivity index (χ1) is 9.32. The van der Waals surface area contributed by atoms with E-state index in [9.17, 15) is 23.1 Å². The maximum atomic E-state index is 12.8. The Morgan fingerprint density at radius 2 is 1.85 bits per heavy atom. The summed E-state index contributed by atoms with van der Waals surface area (Å²) in [5, 5.41) is 10.8. The highest BCUT2D eigenvalue weighted by atomic mass is 19.4. The first-order valence-corrected chi connectivity index (χ1v) is 5.85. The Morgan fingerprint density at radius 3 is 2.55 bits per heavy atom. The lowest BCUT2D eigenvalue weighted by atomic mass is 9.93. The largest absolute Gasteiger partial charge is 0.455 e. The number of Topliss-reactive ketones (excluding diaryl/α,β-unsaturated/α-hetero) is 1. The molecule has 3 rings (SSSR count). The molecule has 1 aliphatic rings. The highest BCUT2D eigenvalue weighted by Crippen LogP contribution is 2.43. The van der Waals surface area contributed by atoms with Crippen molar-refractivity contribution in [1.29, 1.82) is 0 Å². The Kier molecular flexibility index (Phi) is 2.56. The molecule has 2 aromatic rings. The fourth-order valence-corrected chi connectivity index (χ4v) is 2.31. The van der Waals surface area contributed by atoms with Crippen LogP contribution in [0.5, 0.6) is 5.75 Å². The van der Waals surface area contributed by atoms with Crippen molar-refractivity contribution in [3.8, 4) is 5.75 Å². The smallest absolute Gasteiger partial charge is 0.452 e. The molecule has 1 N–H and O–H groups in total. The van der Waals surface area contributed by atoms with Gasteiger partial charge in [-0.15, -0.1) is 0 Å². The summed E-state index contributed by atoms with van der Waals surface area (Å²) in [6.45, 7) is 0. The van der Waals surface area contributed by atoms with Crippen molar-refractivity contribution in [2.75, 3.05) is 0 Å². The maximum absolute atomic E-state index is 12.8. The molecule has 0 unspecified atom stereocenters. The number of benzene rings is 2. The number of alkyl halides is 3. The third-order valence-corrected chi connectivity index (χ3v) is 3.29. The van der Waals surface area contributed by atoms with Crippen LogP contribution in [0, 0.1) is 0 Å². The van der Waals surface area contributed by atoms with Gasteiger partial charge in [-0.3, -0.25) is 4.79 Å². The molecular weight excluding hydrogens is 273 g/mol. The van der Waals surface area contributed by atoms with E-state index in [1.807, 2.05) is 0 Å². The molecule has 0 bridgehead atoms. The van der Waals surface area contributed by atoms with Crippen LogP contribution >= 0.6 is 0 Å². The number of ether oxygens (including phenoxy) is 1. The molecule has 0 amide bonds. The molecule has 0 fully saturated rings.